The van der Waals surface area contributed by atoms with Crippen LogP contribution in [0.1, 0.15) is 12.8 Å². The lowest BCUT2D eigenvalue weighted by Crippen LogP contribution is -2.42. The first kappa shape index (κ1) is 14.6. The van der Waals surface area contributed by atoms with Gasteiger partial charge in [0.15, 0.2) is 0 Å². The Kier molecular flexibility index (Phi) is 5.45. The highest BCUT2D eigenvalue weighted by Crippen LogP contribution is 2.00. The number of hydrogen-bond donors (Lipinski definition) is 2. The van der Waals surface area contributed by atoms with Crippen LogP contribution in [0.25, 0.3) is 0 Å². The smallest absolute Gasteiger partial charge is 0.326 e. The monoisotopic (exact) mass is 270 g/mol. The van der Waals surface area contributed by atoms with Gasteiger partial charge >= 0.3 is 11.9 Å². The Hall–Kier alpha value is -2.45. The molecule has 0 fully saturated rings. The molecule has 1 atom stereocenters. The molecular formula is C10H14N4O5. The van der Waals surface area contributed by atoms with Crippen molar-refractivity contribution in [1.29, 1.82) is 0 Å². The summed E-state index contributed by atoms with van der Waals surface area (Å²) in [5.74, 6) is -2.27. The number of aromatic nitrogens is 3. The third-order valence-electron chi connectivity index (χ3n) is 2.27. The first-order valence-corrected chi connectivity index (χ1v) is 5.44. The second-order valence-electron chi connectivity index (χ2n) is 3.67. The van der Waals surface area contributed by atoms with Crippen molar-refractivity contribution in [3.63, 3.8) is 0 Å². The quantitative estimate of drug-likeness (QED) is 0.596. The number of nitrogens with one attached hydrogen (secondary N) is 1. The average molecular weight is 270 g/mol. The molecule has 0 saturated heterocycles. The van der Waals surface area contributed by atoms with Crippen LogP contribution >= 0.6 is 0 Å². The van der Waals surface area contributed by atoms with Crippen LogP contribution in [-0.2, 0) is 25.7 Å². The summed E-state index contributed by atoms with van der Waals surface area (Å²) in [7, 11) is 1.21. The molecule has 1 amide bonds. The molecule has 0 aliphatic carbocycles. The maximum absolute atomic E-state index is 11.6. The van der Waals surface area contributed by atoms with Crippen molar-refractivity contribution in [2.75, 3.05) is 7.11 Å². The van der Waals surface area contributed by atoms with Crippen LogP contribution in [0.5, 0.6) is 0 Å². The molecule has 1 heterocycles. The van der Waals surface area contributed by atoms with Crippen molar-refractivity contribution >= 4 is 17.8 Å². The van der Waals surface area contributed by atoms with E-state index in [9.17, 15) is 14.4 Å². The second kappa shape index (κ2) is 7.09. The van der Waals surface area contributed by atoms with Crippen molar-refractivity contribution in [3.05, 3.63) is 12.7 Å². The summed E-state index contributed by atoms with van der Waals surface area (Å²) in [6.45, 7) is -0.137. The van der Waals surface area contributed by atoms with Crippen molar-refractivity contribution in [3.8, 4) is 0 Å². The minimum atomic E-state index is -1.21. The molecule has 0 saturated carbocycles. The number of ether oxygens (including phenoxy) is 1. The van der Waals surface area contributed by atoms with Gasteiger partial charge in [-0.2, -0.15) is 5.10 Å². The topological polar surface area (TPSA) is 123 Å². The largest absolute Gasteiger partial charge is 0.480 e. The summed E-state index contributed by atoms with van der Waals surface area (Å²) in [6, 6.07) is -1.14. The number of carbonyl (C=O) groups excluding carboxylic acids is 2. The van der Waals surface area contributed by atoms with E-state index in [0.29, 0.717) is 0 Å². The van der Waals surface area contributed by atoms with E-state index in [1.54, 1.807) is 0 Å². The predicted octanol–water partition coefficient (Wildman–Crippen LogP) is -1.20. The van der Waals surface area contributed by atoms with Crippen LogP contribution in [-0.4, -0.2) is 50.9 Å². The Morgan fingerprint density at radius 1 is 1.47 bits per heavy atom. The molecule has 1 aromatic heterocycles. The fourth-order valence-corrected chi connectivity index (χ4v) is 1.32. The van der Waals surface area contributed by atoms with Gasteiger partial charge in [0.1, 0.15) is 25.2 Å². The number of carboxylic acid groups (broad SMARTS) is 1. The van der Waals surface area contributed by atoms with Gasteiger partial charge < -0.3 is 15.2 Å². The van der Waals surface area contributed by atoms with Crippen LogP contribution in [0, 0.1) is 0 Å². The van der Waals surface area contributed by atoms with E-state index in [-0.39, 0.29) is 19.4 Å². The number of esters is 1. The van der Waals surface area contributed by atoms with Gasteiger partial charge in [-0.3, -0.25) is 9.59 Å². The van der Waals surface area contributed by atoms with Crippen LogP contribution in [0.15, 0.2) is 12.7 Å². The molecule has 104 valence electrons. The van der Waals surface area contributed by atoms with Crippen LogP contribution in [0.2, 0.25) is 0 Å². The zero-order valence-corrected chi connectivity index (χ0v) is 10.3. The Labute approximate surface area is 108 Å². The van der Waals surface area contributed by atoms with Gasteiger partial charge in [0.2, 0.25) is 5.91 Å². The second-order valence-corrected chi connectivity index (χ2v) is 3.67. The number of carbonyl (C=O) groups is 3. The number of aliphatic carboxylic acids is 1. The predicted molar refractivity (Wildman–Crippen MR) is 60.8 cm³/mol. The van der Waals surface area contributed by atoms with Gasteiger partial charge in [0.25, 0.3) is 0 Å². The summed E-state index contributed by atoms with van der Waals surface area (Å²) in [6.07, 6.45) is 2.48. The fourth-order valence-electron chi connectivity index (χ4n) is 1.32. The molecule has 1 rings (SSSR count). The lowest BCUT2D eigenvalue weighted by Gasteiger charge is -2.13. The summed E-state index contributed by atoms with van der Waals surface area (Å²) >= 11 is 0. The minimum Gasteiger partial charge on any atom is -0.480 e. The third kappa shape index (κ3) is 5.15. The summed E-state index contributed by atoms with van der Waals surface area (Å²) in [5.41, 5.74) is 0. The number of methoxy groups -OCH3 is 1. The maximum Gasteiger partial charge on any atom is 0.326 e. The Morgan fingerprint density at radius 3 is 2.74 bits per heavy atom. The van der Waals surface area contributed by atoms with Crippen LogP contribution in [0.4, 0.5) is 0 Å². The zero-order valence-electron chi connectivity index (χ0n) is 10.3. The van der Waals surface area contributed by atoms with Crippen molar-refractivity contribution in [1.82, 2.24) is 20.1 Å². The van der Waals surface area contributed by atoms with Gasteiger partial charge in [-0.05, 0) is 6.42 Å². The van der Waals surface area contributed by atoms with Gasteiger partial charge in [-0.1, -0.05) is 0 Å². The average Bonchev–Trinajstić information content (AvgIpc) is 2.86. The van der Waals surface area contributed by atoms with Crippen LogP contribution < -0.4 is 5.32 Å². The van der Waals surface area contributed by atoms with E-state index in [1.165, 1.54) is 24.4 Å². The maximum atomic E-state index is 11.6. The molecule has 0 aliphatic rings. The fraction of sp³-hybridized carbons (Fsp3) is 0.500. The van der Waals surface area contributed by atoms with Gasteiger partial charge in [-0.25, -0.2) is 14.5 Å². The van der Waals surface area contributed by atoms with Gasteiger partial charge in [0.05, 0.1) is 7.11 Å². The van der Waals surface area contributed by atoms with E-state index in [0.717, 1.165) is 0 Å². The molecule has 0 bridgehead atoms. The first-order valence-electron chi connectivity index (χ1n) is 5.44. The zero-order chi connectivity index (χ0) is 14.3. The van der Waals surface area contributed by atoms with E-state index < -0.39 is 23.9 Å². The van der Waals surface area contributed by atoms with E-state index >= 15 is 0 Å². The van der Waals surface area contributed by atoms with E-state index in [2.05, 4.69) is 20.1 Å². The van der Waals surface area contributed by atoms with E-state index in [4.69, 9.17) is 5.11 Å². The van der Waals surface area contributed by atoms with Crippen LogP contribution in [0.3, 0.4) is 0 Å². The molecule has 9 heteroatoms. The third-order valence-corrected chi connectivity index (χ3v) is 2.27. The molecular weight excluding hydrogens is 256 g/mol. The molecule has 19 heavy (non-hydrogen) atoms. The highest BCUT2D eigenvalue weighted by molar-refractivity contribution is 5.83. The standard InChI is InChI=1S/C10H14N4O5/c1-19-9(16)3-2-7(10(17)18)13-8(15)4-14-6-11-5-12-14/h5-7H,2-4H2,1H3,(H,13,15)(H,17,18). The lowest BCUT2D eigenvalue weighted by molar-refractivity contribution is -0.144. The minimum absolute atomic E-state index is 0.0366. The molecule has 0 aromatic carbocycles. The van der Waals surface area contributed by atoms with Gasteiger partial charge in [0, 0.05) is 6.42 Å². The number of hydrogen-bond acceptors (Lipinski definition) is 6. The summed E-state index contributed by atoms with van der Waals surface area (Å²) in [4.78, 5) is 37.1. The molecule has 1 aromatic rings. The van der Waals surface area contributed by atoms with E-state index in [1.807, 2.05) is 0 Å². The highest BCUT2D eigenvalue weighted by atomic mass is 16.5. The Balaban J connectivity index is 2.46. The molecule has 0 spiro atoms. The molecule has 0 aliphatic heterocycles. The van der Waals surface area contributed by atoms with Crippen molar-refractivity contribution < 1.29 is 24.2 Å². The molecule has 9 nitrogen and oxygen atoms in total. The van der Waals surface area contributed by atoms with Crippen molar-refractivity contribution in [2.45, 2.75) is 25.4 Å². The summed E-state index contributed by atoms with van der Waals surface area (Å²) < 4.78 is 5.66. The summed E-state index contributed by atoms with van der Waals surface area (Å²) in [5, 5.41) is 15.0. The number of nitrogens with zero attached hydrogens (tertiary/aromatic N) is 3. The number of rotatable bonds is 7. The highest BCUT2D eigenvalue weighted by Gasteiger charge is 2.21. The molecule has 2 N–H and O–H groups in total. The Morgan fingerprint density at radius 2 is 2.21 bits per heavy atom. The van der Waals surface area contributed by atoms with Crippen molar-refractivity contribution in [2.24, 2.45) is 0 Å². The first-order chi connectivity index (χ1) is 9.02. The SMILES string of the molecule is COC(=O)CCC(NC(=O)Cn1cncn1)C(=O)O. The molecule has 1 unspecified atom stereocenters. The Bertz CT molecular complexity index is 445. The number of carboxylic acids is 1. The normalized spacial score (nSPS) is 11.6. The lowest BCUT2D eigenvalue weighted by atomic mass is 10.1. The number of amides is 1. The van der Waals surface area contributed by atoms with Gasteiger partial charge in [-0.15, -0.1) is 0 Å². The molecule has 0 radical (unpaired) electrons.